The number of aryl methyl sites for hydroxylation is 1. The molecule has 0 radical (unpaired) electrons. The molecule has 1 saturated heterocycles. The number of carbonyl (C=O) groups is 1. The SMILES string of the molecule is CN1CCC[C@@H]1/C=C/C(=O)Nc1ccc2ncnc(Nc3ccc(F)c(Cl)c3F)c2c1-c1ccc2ccn(C)c2c1. The van der Waals surface area contributed by atoms with Crippen LogP contribution in [0.1, 0.15) is 12.8 Å². The largest absolute Gasteiger partial charge is 0.351 e. The summed E-state index contributed by atoms with van der Waals surface area (Å²) in [4.78, 5) is 24.2. The minimum Gasteiger partial charge on any atom is -0.351 e. The lowest BCUT2D eigenvalue weighted by Gasteiger charge is -2.18. The van der Waals surface area contributed by atoms with Crippen molar-refractivity contribution in [3.8, 4) is 11.1 Å². The summed E-state index contributed by atoms with van der Waals surface area (Å²) < 4.78 is 30.8. The van der Waals surface area contributed by atoms with Gasteiger partial charge < -0.3 is 15.2 Å². The van der Waals surface area contributed by atoms with Crippen LogP contribution in [0.2, 0.25) is 5.02 Å². The molecule has 1 aliphatic rings. The topological polar surface area (TPSA) is 75.1 Å². The van der Waals surface area contributed by atoms with Crippen LogP contribution >= 0.6 is 11.6 Å². The van der Waals surface area contributed by atoms with Crippen LogP contribution in [0.4, 0.5) is 26.0 Å². The van der Waals surface area contributed by atoms with E-state index in [0.717, 1.165) is 41.9 Å². The Morgan fingerprint density at radius 1 is 1.07 bits per heavy atom. The van der Waals surface area contributed by atoms with Crippen molar-refractivity contribution in [2.75, 3.05) is 24.2 Å². The fourth-order valence-corrected chi connectivity index (χ4v) is 5.54. The van der Waals surface area contributed by atoms with E-state index >= 15 is 0 Å². The molecule has 7 nitrogen and oxygen atoms in total. The lowest BCUT2D eigenvalue weighted by molar-refractivity contribution is -0.111. The van der Waals surface area contributed by atoms with E-state index in [-0.39, 0.29) is 23.5 Å². The number of anilines is 3. The maximum absolute atomic E-state index is 14.9. The van der Waals surface area contributed by atoms with Gasteiger partial charge in [-0.1, -0.05) is 29.8 Å². The van der Waals surface area contributed by atoms with Crippen LogP contribution in [0.25, 0.3) is 32.9 Å². The Morgan fingerprint density at radius 3 is 2.71 bits per heavy atom. The molecule has 41 heavy (non-hydrogen) atoms. The summed E-state index contributed by atoms with van der Waals surface area (Å²) in [5.74, 6) is -1.79. The van der Waals surface area contributed by atoms with Crippen molar-refractivity contribution in [3.63, 3.8) is 0 Å². The number of nitrogens with zero attached hydrogens (tertiary/aromatic N) is 4. The van der Waals surface area contributed by atoms with Gasteiger partial charge in [-0.3, -0.25) is 9.69 Å². The van der Waals surface area contributed by atoms with Crippen molar-refractivity contribution in [1.29, 1.82) is 0 Å². The van der Waals surface area contributed by atoms with Gasteiger partial charge in [0.2, 0.25) is 5.91 Å². The summed E-state index contributed by atoms with van der Waals surface area (Å²) in [5, 5.41) is 7.00. The predicted molar refractivity (Wildman–Crippen MR) is 160 cm³/mol. The third-order valence-electron chi connectivity index (χ3n) is 7.57. The van der Waals surface area contributed by atoms with E-state index in [2.05, 4.69) is 25.5 Å². The highest BCUT2D eigenvalue weighted by Crippen LogP contribution is 2.40. The number of aromatic nitrogens is 3. The number of hydrogen-bond donors (Lipinski definition) is 2. The minimum atomic E-state index is -0.934. The second-order valence-electron chi connectivity index (χ2n) is 10.2. The molecule has 10 heteroatoms. The van der Waals surface area contributed by atoms with Crippen LogP contribution in [0.15, 0.2) is 73.2 Å². The van der Waals surface area contributed by atoms with Crippen LogP contribution in [-0.2, 0) is 11.8 Å². The molecule has 0 aliphatic carbocycles. The molecule has 3 heterocycles. The zero-order valence-electron chi connectivity index (χ0n) is 22.5. The molecule has 1 aliphatic heterocycles. The van der Waals surface area contributed by atoms with Gasteiger partial charge in [-0.25, -0.2) is 18.7 Å². The normalized spacial score (nSPS) is 15.8. The van der Waals surface area contributed by atoms with Gasteiger partial charge in [0.15, 0.2) is 5.82 Å². The first-order valence-corrected chi connectivity index (χ1v) is 13.6. The van der Waals surface area contributed by atoms with Crippen molar-refractivity contribution < 1.29 is 13.6 Å². The molecular weight excluding hydrogens is 546 g/mol. The number of halogens is 3. The number of hydrogen-bond acceptors (Lipinski definition) is 5. The van der Waals surface area contributed by atoms with Crippen molar-refractivity contribution in [2.24, 2.45) is 7.05 Å². The fourth-order valence-electron chi connectivity index (χ4n) is 5.37. The quantitative estimate of drug-likeness (QED) is 0.168. The van der Waals surface area contributed by atoms with Crippen molar-refractivity contribution in [3.05, 3.63) is 89.9 Å². The van der Waals surface area contributed by atoms with E-state index in [0.29, 0.717) is 22.2 Å². The van der Waals surface area contributed by atoms with Crippen LogP contribution in [0, 0.1) is 11.6 Å². The second-order valence-corrected chi connectivity index (χ2v) is 10.6. The summed E-state index contributed by atoms with van der Waals surface area (Å²) in [5.41, 5.74) is 3.51. The Morgan fingerprint density at radius 2 is 1.90 bits per heavy atom. The van der Waals surface area contributed by atoms with Gasteiger partial charge in [-0.2, -0.15) is 0 Å². The van der Waals surface area contributed by atoms with Gasteiger partial charge >= 0.3 is 0 Å². The van der Waals surface area contributed by atoms with Crippen LogP contribution in [0.5, 0.6) is 0 Å². The predicted octanol–water partition coefficient (Wildman–Crippen LogP) is 7.05. The van der Waals surface area contributed by atoms with Crippen LogP contribution < -0.4 is 10.6 Å². The van der Waals surface area contributed by atoms with Gasteiger partial charge in [0.1, 0.15) is 23.0 Å². The first-order chi connectivity index (χ1) is 19.8. The van der Waals surface area contributed by atoms with Crippen LogP contribution in [-0.4, -0.2) is 45.0 Å². The van der Waals surface area contributed by atoms with Gasteiger partial charge in [0.05, 0.1) is 16.6 Å². The number of fused-ring (bicyclic) bond motifs is 2. The smallest absolute Gasteiger partial charge is 0.248 e. The summed E-state index contributed by atoms with van der Waals surface area (Å²) in [6.07, 6.45) is 8.93. The molecule has 208 valence electrons. The Bertz CT molecular complexity index is 1840. The number of likely N-dealkylation sites (N-methyl/N-ethyl adjacent to an activating group) is 1. The van der Waals surface area contributed by atoms with Crippen molar-refractivity contribution in [1.82, 2.24) is 19.4 Å². The molecule has 3 aromatic carbocycles. The molecule has 5 aromatic rings. The molecule has 0 bridgehead atoms. The van der Waals surface area contributed by atoms with E-state index in [1.165, 1.54) is 12.4 Å². The maximum atomic E-state index is 14.9. The summed E-state index contributed by atoms with van der Waals surface area (Å²) in [6.45, 7) is 1.00. The molecule has 2 aromatic heterocycles. The summed E-state index contributed by atoms with van der Waals surface area (Å²) in [6, 6.07) is 14.1. The lowest BCUT2D eigenvalue weighted by Crippen LogP contribution is -2.23. The van der Waals surface area contributed by atoms with Gasteiger partial charge in [0, 0.05) is 42.1 Å². The standard InChI is InChI=1S/C31H27ClF2N6O/c1-39-14-3-4-20(39)7-12-26(41)37-23-11-10-22-28(27(23)19-6-5-18-13-15-40(2)25(18)16-19)31(36-17-35-22)38-24-9-8-21(33)29(32)30(24)34/h5-13,15-17,20H,3-4,14H2,1-2H3,(H,37,41)(H,35,36,38)/b12-7+/t20-/m1/s1. The van der Waals surface area contributed by atoms with Gasteiger partial charge in [-0.15, -0.1) is 0 Å². The Balaban J connectivity index is 1.50. The Hall–Kier alpha value is -4.34. The maximum Gasteiger partial charge on any atom is 0.248 e. The third kappa shape index (κ3) is 5.14. The molecule has 2 N–H and O–H groups in total. The molecule has 0 spiro atoms. The number of nitrogens with one attached hydrogen (secondary N) is 2. The summed E-state index contributed by atoms with van der Waals surface area (Å²) >= 11 is 5.84. The highest BCUT2D eigenvalue weighted by atomic mass is 35.5. The van der Waals surface area contributed by atoms with E-state index in [9.17, 15) is 13.6 Å². The average Bonchev–Trinajstić information content (AvgIpc) is 3.56. The van der Waals surface area contributed by atoms with E-state index < -0.39 is 16.7 Å². The number of benzene rings is 3. The highest BCUT2D eigenvalue weighted by molar-refractivity contribution is 6.31. The molecular formula is C31H27ClF2N6O. The Labute approximate surface area is 240 Å². The zero-order valence-corrected chi connectivity index (χ0v) is 23.2. The summed E-state index contributed by atoms with van der Waals surface area (Å²) in [7, 11) is 4.01. The number of amides is 1. The van der Waals surface area contributed by atoms with Crippen molar-refractivity contribution in [2.45, 2.75) is 18.9 Å². The molecule has 0 saturated carbocycles. The monoisotopic (exact) mass is 572 g/mol. The van der Waals surface area contributed by atoms with Gasteiger partial charge in [-0.05, 0) is 73.8 Å². The average molecular weight is 573 g/mol. The third-order valence-corrected chi connectivity index (χ3v) is 7.92. The molecule has 0 unspecified atom stereocenters. The molecule has 1 amide bonds. The van der Waals surface area contributed by atoms with Crippen LogP contribution in [0.3, 0.4) is 0 Å². The molecule has 1 atom stereocenters. The first kappa shape index (κ1) is 26.9. The highest BCUT2D eigenvalue weighted by Gasteiger charge is 2.21. The molecule has 1 fully saturated rings. The van der Waals surface area contributed by atoms with E-state index in [1.54, 1.807) is 18.2 Å². The lowest BCUT2D eigenvalue weighted by atomic mass is 9.97. The minimum absolute atomic E-state index is 0.0432. The fraction of sp³-hybridized carbons (Fsp3) is 0.194. The number of rotatable bonds is 6. The number of likely N-dealkylation sites (tertiary alicyclic amines) is 1. The van der Waals surface area contributed by atoms with Gasteiger partial charge in [0.25, 0.3) is 0 Å². The first-order valence-electron chi connectivity index (χ1n) is 13.2. The Kier molecular flexibility index (Phi) is 7.15. The second kappa shape index (κ2) is 10.9. The zero-order chi connectivity index (χ0) is 28.7. The van der Waals surface area contributed by atoms with E-state index in [1.807, 2.05) is 55.2 Å². The van der Waals surface area contributed by atoms with Crippen molar-refractivity contribution >= 4 is 56.5 Å². The molecule has 6 rings (SSSR count). The van der Waals surface area contributed by atoms with E-state index in [4.69, 9.17) is 11.6 Å². The number of carbonyl (C=O) groups excluding carboxylic acids is 1.